The Hall–Kier alpha value is -2.86. The molecule has 0 saturated heterocycles. The predicted octanol–water partition coefficient (Wildman–Crippen LogP) is 4.08. The van der Waals surface area contributed by atoms with Crippen LogP contribution in [0.25, 0.3) is 0 Å². The van der Waals surface area contributed by atoms with Crippen molar-refractivity contribution in [2.45, 2.75) is 13.0 Å². The van der Waals surface area contributed by atoms with Crippen molar-refractivity contribution in [1.82, 2.24) is 5.32 Å². The molecule has 1 atom stereocenters. The first-order valence-electron chi connectivity index (χ1n) is 7.43. The highest BCUT2D eigenvalue weighted by Crippen LogP contribution is 2.20. The monoisotopic (exact) mass is 340 g/mol. The number of anilines is 1. The van der Waals surface area contributed by atoms with E-state index in [4.69, 9.17) is 4.42 Å². The summed E-state index contributed by atoms with van der Waals surface area (Å²) in [6, 6.07) is 13.8. The van der Waals surface area contributed by atoms with Crippen LogP contribution in [0.2, 0.25) is 0 Å². The summed E-state index contributed by atoms with van der Waals surface area (Å²) in [6.45, 7) is 1.84. The molecule has 3 rings (SSSR count). The van der Waals surface area contributed by atoms with E-state index >= 15 is 0 Å². The van der Waals surface area contributed by atoms with Gasteiger partial charge < -0.3 is 15.1 Å². The number of carbonyl (C=O) groups excluding carboxylic acids is 2. The van der Waals surface area contributed by atoms with Gasteiger partial charge in [-0.05, 0) is 42.6 Å². The van der Waals surface area contributed by atoms with Crippen molar-refractivity contribution in [3.05, 3.63) is 76.4 Å². The van der Waals surface area contributed by atoms with Crippen LogP contribution in [0.3, 0.4) is 0 Å². The normalized spacial score (nSPS) is 11.7. The molecule has 0 saturated carbocycles. The molecule has 24 heavy (non-hydrogen) atoms. The Morgan fingerprint density at radius 1 is 1.04 bits per heavy atom. The molecule has 0 fully saturated rings. The van der Waals surface area contributed by atoms with Crippen LogP contribution in [0.5, 0.6) is 0 Å². The van der Waals surface area contributed by atoms with Gasteiger partial charge in [0, 0.05) is 0 Å². The van der Waals surface area contributed by atoms with E-state index in [9.17, 15) is 9.59 Å². The molecule has 0 bridgehead atoms. The molecule has 1 aromatic carbocycles. The lowest BCUT2D eigenvalue weighted by Crippen LogP contribution is -2.27. The van der Waals surface area contributed by atoms with Gasteiger partial charge >= 0.3 is 0 Å². The fraction of sp³-hybridized carbons (Fsp3) is 0.111. The van der Waals surface area contributed by atoms with Crippen molar-refractivity contribution >= 4 is 28.8 Å². The van der Waals surface area contributed by atoms with Crippen molar-refractivity contribution in [2.75, 3.05) is 5.32 Å². The lowest BCUT2D eigenvalue weighted by molar-refractivity contribution is 0.0936. The number of nitrogens with one attached hydrogen (secondary N) is 2. The summed E-state index contributed by atoms with van der Waals surface area (Å²) in [6.07, 6.45) is 1.56. The molecule has 0 aliphatic carbocycles. The van der Waals surface area contributed by atoms with Gasteiger partial charge in [0.2, 0.25) is 0 Å². The van der Waals surface area contributed by atoms with Crippen LogP contribution in [0.4, 0.5) is 5.69 Å². The summed E-state index contributed by atoms with van der Waals surface area (Å²) in [5.74, 6) is 0.161. The zero-order valence-electron chi connectivity index (χ0n) is 13.0. The van der Waals surface area contributed by atoms with Gasteiger partial charge in [0.25, 0.3) is 11.8 Å². The van der Waals surface area contributed by atoms with Gasteiger partial charge in [-0.25, -0.2) is 0 Å². The molecular weight excluding hydrogens is 324 g/mol. The van der Waals surface area contributed by atoms with Crippen LogP contribution in [-0.2, 0) is 0 Å². The summed E-state index contributed by atoms with van der Waals surface area (Å²) >= 11 is 1.35. The van der Waals surface area contributed by atoms with Gasteiger partial charge in [0.05, 0.1) is 28.4 Å². The molecule has 5 nitrogen and oxygen atoms in total. The molecular formula is C18H16N2O3S. The smallest absolute Gasteiger partial charge is 0.265 e. The van der Waals surface area contributed by atoms with Crippen LogP contribution in [-0.4, -0.2) is 11.8 Å². The Kier molecular flexibility index (Phi) is 4.77. The average Bonchev–Trinajstić information content (AvgIpc) is 3.28. The molecule has 2 N–H and O–H groups in total. The molecule has 0 spiro atoms. The topological polar surface area (TPSA) is 71.3 Å². The van der Waals surface area contributed by atoms with E-state index in [0.717, 1.165) is 0 Å². The Labute approximate surface area is 143 Å². The Morgan fingerprint density at radius 3 is 2.58 bits per heavy atom. The highest BCUT2D eigenvalue weighted by Gasteiger charge is 2.17. The minimum absolute atomic E-state index is 0.232. The molecule has 0 radical (unpaired) electrons. The van der Waals surface area contributed by atoms with Gasteiger partial charge in [-0.1, -0.05) is 18.2 Å². The summed E-state index contributed by atoms with van der Waals surface area (Å²) in [4.78, 5) is 25.3. The van der Waals surface area contributed by atoms with Crippen molar-refractivity contribution in [2.24, 2.45) is 0 Å². The number of carbonyl (C=O) groups is 2. The predicted molar refractivity (Wildman–Crippen MR) is 93.3 cm³/mol. The van der Waals surface area contributed by atoms with Gasteiger partial charge in [-0.3, -0.25) is 9.59 Å². The fourth-order valence-corrected chi connectivity index (χ4v) is 2.88. The molecule has 2 heterocycles. The molecule has 2 amide bonds. The van der Waals surface area contributed by atoms with E-state index in [0.29, 0.717) is 21.9 Å². The van der Waals surface area contributed by atoms with Crippen LogP contribution in [0, 0.1) is 0 Å². The van der Waals surface area contributed by atoms with E-state index < -0.39 is 0 Å². The first-order chi connectivity index (χ1) is 11.6. The fourth-order valence-electron chi connectivity index (χ4n) is 2.26. The number of amides is 2. The zero-order valence-corrected chi connectivity index (χ0v) is 13.8. The SMILES string of the molecule is CC(NC(=O)c1ccccc1NC(=O)c1cccs1)c1ccco1. The quantitative estimate of drug-likeness (QED) is 0.735. The number of hydrogen-bond donors (Lipinski definition) is 2. The Balaban J connectivity index is 1.76. The number of para-hydroxylation sites is 1. The first-order valence-corrected chi connectivity index (χ1v) is 8.31. The van der Waals surface area contributed by atoms with Crippen LogP contribution < -0.4 is 10.6 Å². The second-order valence-corrected chi connectivity index (χ2v) is 6.14. The van der Waals surface area contributed by atoms with Crippen molar-refractivity contribution in [3.8, 4) is 0 Å². The van der Waals surface area contributed by atoms with Crippen LogP contribution >= 0.6 is 11.3 Å². The molecule has 1 unspecified atom stereocenters. The molecule has 0 aliphatic rings. The number of benzene rings is 1. The molecule has 2 aromatic heterocycles. The highest BCUT2D eigenvalue weighted by molar-refractivity contribution is 7.12. The highest BCUT2D eigenvalue weighted by atomic mass is 32.1. The van der Waals surface area contributed by atoms with Gasteiger partial charge in [-0.15, -0.1) is 11.3 Å². The third kappa shape index (κ3) is 3.55. The number of rotatable bonds is 5. The second-order valence-electron chi connectivity index (χ2n) is 5.19. The maximum absolute atomic E-state index is 12.5. The van der Waals surface area contributed by atoms with Crippen molar-refractivity contribution in [1.29, 1.82) is 0 Å². The summed E-state index contributed by atoms with van der Waals surface area (Å²) in [5, 5.41) is 7.49. The van der Waals surface area contributed by atoms with E-state index in [1.165, 1.54) is 11.3 Å². The van der Waals surface area contributed by atoms with Gasteiger partial charge in [0.1, 0.15) is 5.76 Å². The Bertz CT molecular complexity index is 826. The summed E-state index contributed by atoms with van der Waals surface area (Å²) in [5.41, 5.74) is 0.876. The minimum Gasteiger partial charge on any atom is -0.467 e. The first kappa shape index (κ1) is 16.0. The standard InChI is InChI=1S/C18H16N2O3S/c1-12(15-8-4-10-23-15)19-17(21)13-6-2-3-7-14(13)20-18(22)16-9-5-11-24-16/h2-12H,1H3,(H,19,21)(H,20,22). The summed E-state index contributed by atoms with van der Waals surface area (Å²) in [7, 11) is 0. The zero-order chi connectivity index (χ0) is 16.9. The molecule has 3 aromatic rings. The Morgan fingerprint density at radius 2 is 1.88 bits per heavy atom. The second kappa shape index (κ2) is 7.14. The molecule has 6 heteroatoms. The largest absolute Gasteiger partial charge is 0.467 e. The van der Waals surface area contributed by atoms with Crippen molar-refractivity contribution < 1.29 is 14.0 Å². The molecule has 0 aliphatic heterocycles. The maximum atomic E-state index is 12.5. The number of thiophene rings is 1. The summed E-state index contributed by atoms with van der Waals surface area (Å²) < 4.78 is 5.29. The third-order valence-corrected chi connectivity index (χ3v) is 4.35. The van der Waals surface area contributed by atoms with Gasteiger partial charge in [-0.2, -0.15) is 0 Å². The van der Waals surface area contributed by atoms with Crippen LogP contribution in [0.15, 0.2) is 64.6 Å². The third-order valence-electron chi connectivity index (χ3n) is 3.48. The lowest BCUT2D eigenvalue weighted by atomic mass is 10.1. The molecule has 122 valence electrons. The number of furan rings is 1. The van der Waals surface area contributed by atoms with E-state index in [1.807, 2.05) is 18.4 Å². The van der Waals surface area contributed by atoms with Gasteiger partial charge in [0.15, 0.2) is 0 Å². The van der Waals surface area contributed by atoms with E-state index in [-0.39, 0.29) is 17.9 Å². The number of hydrogen-bond acceptors (Lipinski definition) is 4. The lowest BCUT2D eigenvalue weighted by Gasteiger charge is -2.14. The van der Waals surface area contributed by atoms with E-state index in [2.05, 4.69) is 10.6 Å². The van der Waals surface area contributed by atoms with E-state index in [1.54, 1.807) is 48.7 Å². The van der Waals surface area contributed by atoms with Crippen LogP contribution in [0.1, 0.15) is 38.8 Å². The maximum Gasteiger partial charge on any atom is 0.265 e. The minimum atomic E-state index is -0.277. The average molecular weight is 340 g/mol. The van der Waals surface area contributed by atoms with Crippen molar-refractivity contribution in [3.63, 3.8) is 0 Å².